The van der Waals surface area contributed by atoms with Crippen LogP contribution in [-0.4, -0.2) is 28.6 Å². The molecule has 0 fully saturated rings. The lowest BCUT2D eigenvalue weighted by Gasteiger charge is -1.99. The molecule has 2 aromatic rings. The van der Waals surface area contributed by atoms with Crippen molar-refractivity contribution >= 4 is 26.7 Å². The number of nitro benzene ring substituents is 1. The minimum Gasteiger partial charge on any atom is -0.258 e. The summed E-state index contributed by atoms with van der Waals surface area (Å²) in [6.07, 6.45) is 2.17. The van der Waals surface area contributed by atoms with Gasteiger partial charge >= 0.3 is 0 Å². The van der Waals surface area contributed by atoms with Gasteiger partial charge in [-0.15, -0.1) is 0 Å². The van der Waals surface area contributed by atoms with Crippen LogP contribution in [0.2, 0.25) is 0 Å². The second-order valence-electron chi connectivity index (χ2n) is 3.23. The molecule has 0 aliphatic rings. The van der Waals surface area contributed by atoms with Crippen molar-refractivity contribution in [3.8, 4) is 0 Å². The summed E-state index contributed by atoms with van der Waals surface area (Å²) >= 11 is 0. The zero-order valence-electron chi connectivity index (χ0n) is 8.19. The van der Waals surface area contributed by atoms with E-state index >= 15 is 0 Å². The number of fused-ring (bicyclic) bond motifs is 1. The quantitative estimate of drug-likeness (QED) is 0.571. The third kappa shape index (κ3) is 1.63. The summed E-state index contributed by atoms with van der Waals surface area (Å²) in [5, 5.41) is 10.5. The molecule has 0 aliphatic carbocycles. The minimum absolute atomic E-state index is 0.119. The molecule has 1 heterocycles. The van der Waals surface area contributed by atoms with Gasteiger partial charge in [0.2, 0.25) is 10.0 Å². The largest absolute Gasteiger partial charge is 0.271 e. The van der Waals surface area contributed by atoms with Gasteiger partial charge in [-0.05, 0) is 6.07 Å². The van der Waals surface area contributed by atoms with Crippen molar-refractivity contribution in [2.24, 2.45) is 0 Å². The summed E-state index contributed by atoms with van der Waals surface area (Å²) in [5.74, 6) is 0. The van der Waals surface area contributed by atoms with Crippen molar-refractivity contribution < 1.29 is 13.3 Å². The number of imidazole rings is 1. The molecule has 0 saturated carbocycles. The topological polar surface area (TPSA) is 95.1 Å². The summed E-state index contributed by atoms with van der Waals surface area (Å²) in [5.41, 5.74) is 0.485. The predicted octanol–water partition coefficient (Wildman–Crippen LogP) is 0.752. The van der Waals surface area contributed by atoms with Crippen LogP contribution in [0.15, 0.2) is 24.5 Å². The van der Waals surface area contributed by atoms with Gasteiger partial charge in [-0.25, -0.2) is 17.4 Å². The number of nitro groups is 1. The van der Waals surface area contributed by atoms with E-state index < -0.39 is 14.9 Å². The average Bonchev–Trinajstić information content (AvgIpc) is 2.58. The van der Waals surface area contributed by atoms with Crippen LogP contribution in [0, 0.1) is 10.1 Å². The molecule has 0 aliphatic heterocycles. The first-order valence-corrected chi connectivity index (χ1v) is 6.06. The van der Waals surface area contributed by atoms with Crippen LogP contribution in [0.5, 0.6) is 0 Å². The summed E-state index contributed by atoms with van der Waals surface area (Å²) in [6.45, 7) is 0. The van der Waals surface area contributed by atoms with Crippen LogP contribution < -0.4 is 0 Å². The lowest BCUT2D eigenvalue weighted by molar-refractivity contribution is -0.384. The number of nitrogens with zero attached hydrogens (tertiary/aromatic N) is 3. The van der Waals surface area contributed by atoms with E-state index in [1.807, 2.05) is 0 Å². The van der Waals surface area contributed by atoms with E-state index in [1.54, 1.807) is 0 Å². The van der Waals surface area contributed by atoms with Crippen molar-refractivity contribution in [3.63, 3.8) is 0 Å². The van der Waals surface area contributed by atoms with Crippen molar-refractivity contribution in [2.75, 3.05) is 6.26 Å². The van der Waals surface area contributed by atoms with Crippen molar-refractivity contribution in [1.82, 2.24) is 8.96 Å². The Hall–Kier alpha value is -1.96. The Balaban J connectivity index is 2.73. The van der Waals surface area contributed by atoms with Crippen LogP contribution in [0.3, 0.4) is 0 Å². The monoisotopic (exact) mass is 241 g/mol. The highest BCUT2D eigenvalue weighted by molar-refractivity contribution is 7.89. The summed E-state index contributed by atoms with van der Waals surface area (Å²) in [6, 6.07) is 3.84. The number of rotatable bonds is 2. The Morgan fingerprint density at radius 2 is 2.12 bits per heavy atom. The van der Waals surface area contributed by atoms with Crippen LogP contribution in [0.1, 0.15) is 0 Å². The lowest BCUT2D eigenvalue weighted by atomic mass is 10.3. The molecule has 16 heavy (non-hydrogen) atoms. The number of hydrogen-bond donors (Lipinski definition) is 0. The molecule has 0 bridgehead atoms. The fraction of sp³-hybridized carbons (Fsp3) is 0.125. The van der Waals surface area contributed by atoms with Crippen LogP contribution in [-0.2, 0) is 10.0 Å². The molecule has 0 N–H and O–H groups in total. The standard InChI is InChI=1S/C8H7N3O4S/c1-16(14,15)10-5-9-7-4-6(11(12)13)2-3-8(7)10/h2-5H,1H3. The van der Waals surface area contributed by atoms with Gasteiger partial charge in [-0.1, -0.05) is 0 Å². The van der Waals surface area contributed by atoms with E-state index in [1.165, 1.54) is 18.2 Å². The molecule has 2 rings (SSSR count). The fourth-order valence-corrected chi connectivity index (χ4v) is 2.09. The van der Waals surface area contributed by atoms with Gasteiger partial charge in [0.05, 0.1) is 22.2 Å². The third-order valence-corrected chi connectivity index (χ3v) is 3.07. The normalized spacial score (nSPS) is 11.8. The molecule has 7 nitrogen and oxygen atoms in total. The number of non-ortho nitro benzene ring substituents is 1. The number of benzene rings is 1. The van der Waals surface area contributed by atoms with Gasteiger partial charge in [-0.2, -0.15) is 0 Å². The van der Waals surface area contributed by atoms with E-state index in [4.69, 9.17) is 0 Å². The molecule has 8 heteroatoms. The molecular formula is C8H7N3O4S. The van der Waals surface area contributed by atoms with Crippen molar-refractivity contribution in [2.45, 2.75) is 0 Å². The fourth-order valence-electron chi connectivity index (χ4n) is 1.36. The second kappa shape index (κ2) is 3.27. The first-order chi connectivity index (χ1) is 7.39. The van der Waals surface area contributed by atoms with Gasteiger partial charge in [0, 0.05) is 12.1 Å². The molecule has 0 saturated heterocycles. The third-order valence-electron chi connectivity index (χ3n) is 2.07. The number of hydrogen-bond acceptors (Lipinski definition) is 5. The average molecular weight is 241 g/mol. The Bertz CT molecular complexity index is 674. The summed E-state index contributed by atoms with van der Waals surface area (Å²) < 4.78 is 23.6. The molecule has 84 valence electrons. The Morgan fingerprint density at radius 3 is 2.69 bits per heavy atom. The Labute approximate surface area is 90.5 Å². The zero-order chi connectivity index (χ0) is 11.9. The lowest BCUT2D eigenvalue weighted by Crippen LogP contribution is -2.08. The van der Waals surface area contributed by atoms with Crippen LogP contribution >= 0.6 is 0 Å². The molecule has 0 unspecified atom stereocenters. The van der Waals surface area contributed by atoms with Crippen LogP contribution in [0.4, 0.5) is 5.69 Å². The first kappa shape index (κ1) is 10.6. The highest BCUT2D eigenvalue weighted by atomic mass is 32.2. The molecule has 0 radical (unpaired) electrons. The molecule has 0 atom stereocenters. The highest BCUT2D eigenvalue weighted by Gasteiger charge is 2.14. The molecule has 0 amide bonds. The Morgan fingerprint density at radius 1 is 1.44 bits per heavy atom. The van der Waals surface area contributed by atoms with E-state index in [0.717, 1.165) is 16.6 Å². The van der Waals surface area contributed by atoms with E-state index in [9.17, 15) is 18.5 Å². The van der Waals surface area contributed by atoms with Gasteiger partial charge in [0.25, 0.3) is 5.69 Å². The number of aromatic nitrogens is 2. The SMILES string of the molecule is CS(=O)(=O)n1cnc2cc([N+](=O)[O-])ccc21. The Kier molecular flexibility index (Phi) is 2.16. The maximum Gasteiger partial charge on any atom is 0.271 e. The van der Waals surface area contributed by atoms with E-state index in [2.05, 4.69) is 4.98 Å². The predicted molar refractivity (Wildman–Crippen MR) is 56.6 cm³/mol. The molecule has 1 aromatic carbocycles. The minimum atomic E-state index is -3.43. The first-order valence-electron chi connectivity index (χ1n) is 4.21. The van der Waals surface area contributed by atoms with Gasteiger partial charge in [0.1, 0.15) is 6.33 Å². The second-order valence-corrected chi connectivity index (χ2v) is 5.09. The highest BCUT2D eigenvalue weighted by Crippen LogP contribution is 2.20. The van der Waals surface area contributed by atoms with Gasteiger partial charge in [-0.3, -0.25) is 10.1 Å². The maximum absolute atomic E-state index is 11.3. The molecular weight excluding hydrogens is 234 g/mol. The molecule has 0 spiro atoms. The zero-order valence-corrected chi connectivity index (χ0v) is 9.01. The van der Waals surface area contributed by atoms with Crippen molar-refractivity contribution in [1.29, 1.82) is 0 Å². The smallest absolute Gasteiger partial charge is 0.258 e. The molecule has 1 aromatic heterocycles. The van der Waals surface area contributed by atoms with E-state index in [-0.39, 0.29) is 11.2 Å². The van der Waals surface area contributed by atoms with E-state index in [0.29, 0.717) is 5.52 Å². The summed E-state index contributed by atoms with van der Waals surface area (Å²) in [4.78, 5) is 13.8. The van der Waals surface area contributed by atoms with Crippen LogP contribution in [0.25, 0.3) is 11.0 Å². The van der Waals surface area contributed by atoms with Crippen molar-refractivity contribution in [3.05, 3.63) is 34.6 Å². The summed E-state index contributed by atoms with van der Waals surface area (Å²) in [7, 11) is -3.43. The van der Waals surface area contributed by atoms with Gasteiger partial charge < -0.3 is 0 Å². The maximum atomic E-state index is 11.3. The van der Waals surface area contributed by atoms with Gasteiger partial charge in [0.15, 0.2) is 0 Å².